The highest BCUT2D eigenvalue weighted by Gasteiger charge is 2.24. The van der Waals surface area contributed by atoms with Crippen LogP contribution in [-0.2, 0) is 14.3 Å². The zero-order chi connectivity index (χ0) is 44.5. The van der Waals surface area contributed by atoms with Gasteiger partial charge in [-0.1, -0.05) is 230 Å². The quantitative estimate of drug-likeness (QED) is 0.0322. The van der Waals surface area contributed by atoms with E-state index >= 15 is 0 Å². The summed E-state index contributed by atoms with van der Waals surface area (Å²) in [4.78, 5) is 26.1. The fraction of sp³-hybridized carbons (Fsp3) is 0.818. The Morgan fingerprint density at radius 1 is 0.475 bits per heavy atom. The van der Waals surface area contributed by atoms with Gasteiger partial charge in [-0.2, -0.15) is 0 Å². The topological polar surface area (TPSA) is 95.9 Å². The molecule has 0 heterocycles. The summed E-state index contributed by atoms with van der Waals surface area (Å²) in [5.41, 5.74) is 0. The van der Waals surface area contributed by atoms with E-state index < -0.39 is 18.2 Å². The number of carbonyl (C=O) groups is 2. The first-order valence-corrected chi connectivity index (χ1v) is 26.4. The van der Waals surface area contributed by atoms with E-state index in [1.807, 2.05) is 0 Å². The van der Waals surface area contributed by atoms with Gasteiger partial charge in [0, 0.05) is 6.42 Å². The van der Waals surface area contributed by atoms with Gasteiger partial charge in [0.25, 0.3) is 0 Å². The van der Waals surface area contributed by atoms with Crippen molar-refractivity contribution < 1.29 is 24.5 Å². The van der Waals surface area contributed by atoms with Crippen molar-refractivity contribution in [1.82, 2.24) is 5.32 Å². The molecule has 3 N–H and O–H groups in total. The number of aliphatic hydroxyl groups is 2. The second kappa shape index (κ2) is 48.8. The molecule has 3 atom stereocenters. The summed E-state index contributed by atoms with van der Waals surface area (Å²) < 4.78 is 5.92. The van der Waals surface area contributed by atoms with E-state index in [2.05, 4.69) is 74.7 Å². The Balaban J connectivity index is 4.58. The Labute approximate surface area is 378 Å². The smallest absolute Gasteiger partial charge is 0.306 e. The lowest BCUT2D eigenvalue weighted by molar-refractivity contribution is -0.151. The molecular weight excluding hydrogens is 755 g/mol. The van der Waals surface area contributed by atoms with Crippen LogP contribution in [-0.4, -0.2) is 46.9 Å². The Bertz CT molecular complexity index is 1050. The van der Waals surface area contributed by atoms with Crippen LogP contribution in [0.15, 0.2) is 48.6 Å². The molecule has 0 aliphatic carbocycles. The first-order chi connectivity index (χ1) is 30.0. The van der Waals surface area contributed by atoms with Gasteiger partial charge in [-0.3, -0.25) is 9.59 Å². The van der Waals surface area contributed by atoms with E-state index in [1.165, 1.54) is 141 Å². The predicted molar refractivity (Wildman–Crippen MR) is 264 cm³/mol. The molecule has 356 valence electrons. The van der Waals surface area contributed by atoms with Crippen LogP contribution in [0.25, 0.3) is 0 Å². The molecule has 0 aromatic carbocycles. The molecule has 1 amide bonds. The van der Waals surface area contributed by atoms with Crippen LogP contribution >= 0.6 is 0 Å². The standard InChI is InChI=1S/C55H101NO5/c1-4-7-10-13-16-19-22-24-25-26-27-28-29-30-33-36-39-42-45-48-55(60)61-51(46-43-40-37-34-32-23-20-17-14-11-8-5-2)49-54(59)56-52(50-57)53(58)47-44-41-38-35-31-21-18-15-12-9-6-3/h16,19,24-25,27-28,30,33,51-53,57-58H,4-15,17-18,20-23,26,29,31-32,34-50H2,1-3H3,(H,56,59)/b19-16-,25-24-,28-27-,33-30-. The third kappa shape index (κ3) is 44.2. The van der Waals surface area contributed by atoms with Gasteiger partial charge in [-0.25, -0.2) is 0 Å². The molecule has 0 radical (unpaired) electrons. The second-order valence-corrected chi connectivity index (χ2v) is 17.9. The average Bonchev–Trinajstić information content (AvgIpc) is 3.25. The van der Waals surface area contributed by atoms with Gasteiger partial charge in [0.2, 0.25) is 5.91 Å². The average molecular weight is 856 g/mol. The molecule has 0 saturated heterocycles. The van der Waals surface area contributed by atoms with Crippen molar-refractivity contribution in [2.24, 2.45) is 0 Å². The maximum atomic E-state index is 13.2. The molecule has 0 aliphatic heterocycles. The monoisotopic (exact) mass is 856 g/mol. The van der Waals surface area contributed by atoms with Crippen LogP contribution in [0, 0.1) is 0 Å². The third-order valence-electron chi connectivity index (χ3n) is 11.9. The summed E-state index contributed by atoms with van der Waals surface area (Å²) in [6.07, 6.45) is 58.8. The van der Waals surface area contributed by atoms with Crippen LogP contribution in [0.5, 0.6) is 0 Å². The Hall–Kier alpha value is -2.18. The molecule has 3 unspecified atom stereocenters. The van der Waals surface area contributed by atoms with E-state index in [0.717, 1.165) is 77.0 Å². The Morgan fingerprint density at radius 3 is 1.28 bits per heavy atom. The lowest BCUT2D eigenvalue weighted by Gasteiger charge is -2.24. The van der Waals surface area contributed by atoms with Crippen LogP contribution in [0.3, 0.4) is 0 Å². The van der Waals surface area contributed by atoms with Gasteiger partial charge in [0.05, 0.1) is 25.2 Å². The largest absolute Gasteiger partial charge is 0.462 e. The molecule has 6 nitrogen and oxygen atoms in total. The minimum Gasteiger partial charge on any atom is -0.462 e. The van der Waals surface area contributed by atoms with Gasteiger partial charge >= 0.3 is 5.97 Å². The molecule has 0 spiro atoms. The van der Waals surface area contributed by atoms with E-state index in [1.54, 1.807) is 0 Å². The van der Waals surface area contributed by atoms with Gasteiger partial charge < -0.3 is 20.3 Å². The van der Waals surface area contributed by atoms with Gasteiger partial charge in [-0.15, -0.1) is 0 Å². The van der Waals surface area contributed by atoms with Crippen molar-refractivity contribution >= 4 is 11.9 Å². The number of allylic oxidation sites excluding steroid dienone is 8. The number of rotatable bonds is 47. The molecule has 0 bridgehead atoms. The fourth-order valence-electron chi connectivity index (χ4n) is 7.88. The zero-order valence-corrected chi connectivity index (χ0v) is 40.5. The summed E-state index contributed by atoms with van der Waals surface area (Å²) in [5, 5.41) is 23.7. The molecular formula is C55H101NO5. The molecule has 0 fully saturated rings. The number of carbonyl (C=O) groups excluding carboxylic acids is 2. The maximum absolute atomic E-state index is 13.2. The molecule has 0 aromatic rings. The Kier molecular flexibility index (Phi) is 47.1. The lowest BCUT2D eigenvalue weighted by atomic mass is 10.0. The van der Waals surface area contributed by atoms with E-state index in [4.69, 9.17) is 4.74 Å². The van der Waals surface area contributed by atoms with E-state index in [-0.39, 0.29) is 24.9 Å². The summed E-state index contributed by atoms with van der Waals surface area (Å²) >= 11 is 0. The van der Waals surface area contributed by atoms with Crippen molar-refractivity contribution in [3.63, 3.8) is 0 Å². The van der Waals surface area contributed by atoms with Gasteiger partial charge in [0.15, 0.2) is 0 Å². The minimum atomic E-state index is -0.791. The first kappa shape index (κ1) is 58.8. The van der Waals surface area contributed by atoms with E-state index in [0.29, 0.717) is 19.3 Å². The predicted octanol–water partition coefficient (Wildman–Crippen LogP) is 15.8. The number of unbranched alkanes of at least 4 members (excludes halogenated alkanes) is 27. The van der Waals surface area contributed by atoms with Crippen molar-refractivity contribution in [2.75, 3.05) is 6.61 Å². The number of hydrogen-bond donors (Lipinski definition) is 3. The molecule has 61 heavy (non-hydrogen) atoms. The number of ether oxygens (including phenoxy) is 1. The highest BCUT2D eigenvalue weighted by molar-refractivity contribution is 5.77. The third-order valence-corrected chi connectivity index (χ3v) is 11.9. The normalized spacial score (nSPS) is 13.6. The van der Waals surface area contributed by atoms with Crippen LogP contribution in [0.2, 0.25) is 0 Å². The van der Waals surface area contributed by atoms with Gasteiger partial charge in [-0.05, 0) is 70.6 Å². The lowest BCUT2D eigenvalue weighted by Crippen LogP contribution is -2.46. The van der Waals surface area contributed by atoms with Crippen LogP contribution < -0.4 is 5.32 Å². The number of nitrogens with one attached hydrogen (secondary N) is 1. The maximum Gasteiger partial charge on any atom is 0.306 e. The molecule has 0 rings (SSSR count). The summed E-state index contributed by atoms with van der Waals surface area (Å²) in [7, 11) is 0. The summed E-state index contributed by atoms with van der Waals surface area (Å²) in [6.45, 7) is 6.45. The van der Waals surface area contributed by atoms with Crippen molar-refractivity contribution in [3.8, 4) is 0 Å². The molecule has 0 saturated carbocycles. The first-order valence-electron chi connectivity index (χ1n) is 26.4. The van der Waals surface area contributed by atoms with Crippen LogP contribution in [0.1, 0.15) is 265 Å². The van der Waals surface area contributed by atoms with Crippen molar-refractivity contribution in [3.05, 3.63) is 48.6 Å². The number of hydrogen-bond acceptors (Lipinski definition) is 5. The highest BCUT2D eigenvalue weighted by atomic mass is 16.5. The minimum absolute atomic E-state index is 0.0670. The van der Waals surface area contributed by atoms with Crippen molar-refractivity contribution in [2.45, 2.75) is 283 Å². The number of amides is 1. The molecule has 6 heteroatoms. The zero-order valence-electron chi connectivity index (χ0n) is 40.5. The summed E-state index contributed by atoms with van der Waals surface area (Å²) in [5.74, 6) is -0.502. The number of aliphatic hydroxyl groups excluding tert-OH is 2. The summed E-state index contributed by atoms with van der Waals surface area (Å²) in [6, 6.07) is -0.705. The number of esters is 1. The molecule has 0 aliphatic rings. The van der Waals surface area contributed by atoms with Crippen LogP contribution in [0.4, 0.5) is 0 Å². The SMILES string of the molecule is CCCCC/C=C\C/C=C\C/C=C\C/C=C\CCCCCC(=O)OC(CCCCCCCCCCCCCC)CC(=O)NC(CO)C(O)CCCCCCCCCCCCC. The van der Waals surface area contributed by atoms with Gasteiger partial charge in [0.1, 0.15) is 6.10 Å². The van der Waals surface area contributed by atoms with E-state index in [9.17, 15) is 19.8 Å². The Morgan fingerprint density at radius 2 is 0.836 bits per heavy atom. The van der Waals surface area contributed by atoms with Crippen molar-refractivity contribution in [1.29, 1.82) is 0 Å². The fourth-order valence-corrected chi connectivity index (χ4v) is 7.88. The second-order valence-electron chi connectivity index (χ2n) is 17.9. The molecule has 0 aromatic heterocycles. The highest BCUT2D eigenvalue weighted by Crippen LogP contribution is 2.18.